The summed E-state index contributed by atoms with van der Waals surface area (Å²) in [5, 5.41) is 1.24. The Bertz CT molecular complexity index is 771. The van der Waals surface area contributed by atoms with Gasteiger partial charge >= 0.3 is 0 Å². The molecule has 0 radical (unpaired) electrons. The number of piperidine rings is 1. The van der Waals surface area contributed by atoms with Gasteiger partial charge in [0.15, 0.2) is 6.04 Å². The first kappa shape index (κ1) is 19.8. The number of amides is 1. The van der Waals surface area contributed by atoms with Crippen molar-refractivity contribution in [1.29, 1.82) is 0 Å². The van der Waals surface area contributed by atoms with E-state index in [1.165, 1.54) is 21.0 Å². The maximum Gasteiger partial charge on any atom is 0.281 e. The zero-order valence-corrected chi connectivity index (χ0v) is 18.2. The van der Waals surface area contributed by atoms with Crippen molar-refractivity contribution in [3.63, 3.8) is 0 Å². The number of likely N-dealkylation sites (tertiary alicyclic amines) is 1. The van der Waals surface area contributed by atoms with Crippen molar-refractivity contribution in [2.75, 3.05) is 26.2 Å². The molecule has 2 aromatic rings. The summed E-state index contributed by atoms with van der Waals surface area (Å²) < 4.78 is 1.28. The van der Waals surface area contributed by atoms with Crippen LogP contribution in [0.25, 0.3) is 10.2 Å². The van der Waals surface area contributed by atoms with E-state index < -0.39 is 0 Å². The number of nitrogens with zero attached hydrogens (tertiary/aromatic N) is 2. The Morgan fingerprint density at radius 1 is 1.18 bits per heavy atom. The molecule has 1 aromatic heterocycles. The molecule has 2 aliphatic rings. The first-order valence-corrected chi connectivity index (χ1v) is 11.7. The molecular weight excluding hydrogens is 368 g/mol. The number of nitrogens with one attached hydrogen (secondary N) is 2. The highest BCUT2D eigenvalue weighted by Gasteiger charge is 2.38. The van der Waals surface area contributed by atoms with Gasteiger partial charge in [-0.1, -0.05) is 12.1 Å². The van der Waals surface area contributed by atoms with E-state index in [1.807, 2.05) is 11.3 Å². The van der Waals surface area contributed by atoms with Crippen LogP contribution >= 0.6 is 11.3 Å². The second-order valence-corrected chi connectivity index (χ2v) is 9.87. The third kappa shape index (κ3) is 4.09. The Kier molecular flexibility index (Phi) is 5.99. The number of thiazole rings is 1. The van der Waals surface area contributed by atoms with Crippen LogP contribution in [-0.4, -0.2) is 60.1 Å². The smallest absolute Gasteiger partial charge is 0.281 e. The third-order valence-corrected chi connectivity index (χ3v) is 7.81. The summed E-state index contributed by atoms with van der Waals surface area (Å²) in [7, 11) is 0. The molecule has 0 bridgehead atoms. The van der Waals surface area contributed by atoms with E-state index >= 15 is 0 Å². The predicted molar refractivity (Wildman–Crippen MR) is 114 cm³/mol. The number of rotatable bonds is 4. The second kappa shape index (κ2) is 8.47. The average molecular weight is 403 g/mol. The molecule has 1 amide bonds. The molecular formula is C22H34N4OS+2. The van der Waals surface area contributed by atoms with Gasteiger partial charge in [0.2, 0.25) is 0 Å². The van der Waals surface area contributed by atoms with E-state index in [0.717, 1.165) is 51.1 Å². The standard InChI is InChI=1S/C22H32N4OS/c1-16-7-6-8-17(2)26(16)22(27)18(3)25-13-11-24(12-14-25)15-21-23-19-9-4-5-10-20(19)28-21/h4-5,9-10,16-18H,6-8,11-15H2,1-3H3/p+2/t16-,17+,18-/m1/s1. The summed E-state index contributed by atoms with van der Waals surface area (Å²) in [5.74, 6) is 0.365. The highest BCUT2D eigenvalue weighted by Crippen LogP contribution is 2.23. The molecule has 2 fully saturated rings. The molecule has 5 nitrogen and oxygen atoms in total. The molecule has 1 aromatic carbocycles. The van der Waals surface area contributed by atoms with Crippen LogP contribution in [0, 0.1) is 0 Å². The minimum Gasteiger partial charge on any atom is -0.332 e. The SMILES string of the molecule is C[C@@H]1CCC[C@H](C)N1C(=O)[C@@H](C)[NH+]1CC[NH+](Cc2nc3ccccc3s2)CC1. The van der Waals surface area contributed by atoms with E-state index in [9.17, 15) is 4.79 Å². The highest BCUT2D eigenvalue weighted by atomic mass is 32.1. The monoisotopic (exact) mass is 402 g/mol. The van der Waals surface area contributed by atoms with Gasteiger partial charge in [0.05, 0.1) is 10.2 Å². The Morgan fingerprint density at radius 2 is 1.86 bits per heavy atom. The molecule has 0 unspecified atom stereocenters. The zero-order valence-electron chi connectivity index (χ0n) is 17.4. The summed E-state index contributed by atoms with van der Waals surface area (Å²) >= 11 is 1.82. The Hall–Kier alpha value is -1.50. The van der Waals surface area contributed by atoms with Crippen molar-refractivity contribution < 1.29 is 14.6 Å². The average Bonchev–Trinajstić information content (AvgIpc) is 3.10. The lowest BCUT2D eigenvalue weighted by Gasteiger charge is -2.42. The van der Waals surface area contributed by atoms with Gasteiger partial charge in [-0.2, -0.15) is 0 Å². The lowest BCUT2D eigenvalue weighted by Crippen LogP contribution is -3.29. The third-order valence-electron chi connectivity index (χ3n) is 6.77. The van der Waals surface area contributed by atoms with Crippen LogP contribution in [0.4, 0.5) is 0 Å². The van der Waals surface area contributed by atoms with Gasteiger partial charge in [-0.15, -0.1) is 11.3 Å². The van der Waals surface area contributed by atoms with Gasteiger partial charge in [0.1, 0.15) is 37.7 Å². The van der Waals surface area contributed by atoms with Gasteiger partial charge in [-0.3, -0.25) is 4.79 Å². The Labute approximate surface area is 172 Å². The number of benzene rings is 1. The fourth-order valence-corrected chi connectivity index (χ4v) is 6.04. The topological polar surface area (TPSA) is 42.1 Å². The number of carbonyl (C=O) groups is 1. The molecule has 152 valence electrons. The minimum absolute atomic E-state index is 0.0759. The van der Waals surface area contributed by atoms with Crippen LogP contribution in [0.3, 0.4) is 0 Å². The molecule has 6 heteroatoms. The lowest BCUT2D eigenvalue weighted by atomic mass is 9.96. The number of fused-ring (bicyclic) bond motifs is 1. The van der Waals surface area contributed by atoms with E-state index in [1.54, 1.807) is 4.90 Å². The lowest BCUT2D eigenvalue weighted by molar-refractivity contribution is -1.02. The van der Waals surface area contributed by atoms with Crippen LogP contribution in [0.2, 0.25) is 0 Å². The summed E-state index contributed by atoms with van der Waals surface area (Å²) in [6, 6.07) is 9.26. The van der Waals surface area contributed by atoms with E-state index in [4.69, 9.17) is 4.98 Å². The number of hydrogen-bond donors (Lipinski definition) is 2. The molecule has 0 saturated carbocycles. The molecule has 0 spiro atoms. The summed E-state index contributed by atoms with van der Waals surface area (Å²) in [6.45, 7) is 12.0. The van der Waals surface area contributed by atoms with Gasteiger partial charge in [0.25, 0.3) is 5.91 Å². The molecule has 2 N–H and O–H groups in total. The maximum atomic E-state index is 13.2. The van der Waals surface area contributed by atoms with Gasteiger partial charge in [0, 0.05) is 12.1 Å². The minimum atomic E-state index is 0.0759. The van der Waals surface area contributed by atoms with Crippen molar-refractivity contribution in [1.82, 2.24) is 9.88 Å². The van der Waals surface area contributed by atoms with Gasteiger partial charge < -0.3 is 14.7 Å². The Balaban J connectivity index is 1.32. The van der Waals surface area contributed by atoms with Crippen molar-refractivity contribution in [3.8, 4) is 0 Å². The van der Waals surface area contributed by atoms with Crippen LogP contribution in [0.1, 0.15) is 45.0 Å². The number of aromatic nitrogens is 1. The fourth-order valence-electron chi connectivity index (χ4n) is 5.00. The summed E-state index contributed by atoms with van der Waals surface area (Å²) in [4.78, 5) is 23.2. The molecule has 2 saturated heterocycles. The molecule has 0 aliphatic carbocycles. The van der Waals surface area contributed by atoms with E-state index in [2.05, 4.69) is 49.9 Å². The number of piperazine rings is 1. The summed E-state index contributed by atoms with van der Waals surface area (Å²) in [5.41, 5.74) is 1.12. The van der Waals surface area contributed by atoms with Crippen LogP contribution in [-0.2, 0) is 11.3 Å². The van der Waals surface area contributed by atoms with E-state index in [0.29, 0.717) is 18.0 Å². The van der Waals surface area contributed by atoms with Crippen molar-refractivity contribution in [2.45, 2.75) is 64.7 Å². The zero-order chi connectivity index (χ0) is 19.7. The summed E-state index contributed by atoms with van der Waals surface area (Å²) in [6.07, 6.45) is 3.55. The molecule has 28 heavy (non-hydrogen) atoms. The number of quaternary nitrogens is 2. The molecule has 3 atom stereocenters. The normalized spacial score (nSPS) is 29.8. The second-order valence-electron chi connectivity index (χ2n) is 8.76. The Morgan fingerprint density at radius 3 is 2.54 bits per heavy atom. The van der Waals surface area contributed by atoms with Crippen LogP contribution in [0.15, 0.2) is 24.3 Å². The quantitative estimate of drug-likeness (QED) is 0.793. The largest absolute Gasteiger partial charge is 0.332 e. The highest BCUT2D eigenvalue weighted by molar-refractivity contribution is 7.18. The maximum absolute atomic E-state index is 13.2. The van der Waals surface area contributed by atoms with Crippen molar-refractivity contribution in [2.24, 2.45) is 0 Å². The molecule has 3 heterocycles. The molecule has 2 aliphatic heterocycles. The van der Waals surface area contributed by atoms with Gasteiger partial charge in [-0.05, 0) is 52.2 Å². The number of carbonyl (C=O) groups excluding carboxylic acids is 1. The van der Waals surface area contributed by atoms with Crippen LogP contribution in [0.5, 0.6) is 0 Å². The van der Waals surface area contributed by atoms with Crippen molar-refractivity contribution >= 4 is 27.5 Å². The molecule has 4 rings (SSSR count). The number of hydrogen-bond acceptors (Lipinski definition) is 3. The first-order valence-electron chi connectivity index (χ1n) is 10.9. The van der Waals surface area contributed by atoms with Crippen LogP contribution < -0.4 is 9.80 Å². The fraction of sp³-hybridized carbons (Fsp3) is 0.636. The van der Waals surface area contributed by atoms with E-state index in [-0.39, 0.29) is 6.04 Å². The predicted octanol–water partition coefficient (Wildman–Crippen LogP) is 0.758. The first-order chi connectivity index (χ1) is 13.5. The van der Waals surface area contributed by atoms with Gasteiger partial charge in [-0.25, -0.2) is 4.98 Å². The number of para-hydroxylation sites is 1. The van der Waals surface area contributed by atoms with Crippen molar-refractivity contribution in [3.05, 3.63) is 29.3 Å².